The third kappa shape index (κ3) is 19.1. The van der Waals surface area contributed by atoms with E-state index >= 15 is 0 Å². The first-order valence-corrected chi connectivity index (χ1v) is 30.2. The van der Waals surface area contributed by atoms with Gasteiger partial charge >= 0.3 is 17.9 Å². The molecule has 5 aliphatic heterocycles. The molecule has 0 saturated carbocycles. The van der Waals surface area contributed by atoms with Crippen LogP contribution in [0.15, 0.2) is 4.99 Å². The maximum atomic E-state index is 14.7. The second-order valence-corrected chi connectivity index (χ2v) is 23.3. The molecule has 0 aromatic heterocycles. The number of aliphatic imine (C=N–C) groups is 1. The quantitative estimate of drug-likeness (QED) is 0.0170. The number of guanidine groups is 1. The largest absolute Gasteiger partial charge is 0.481 e. The summed E-state index contributed by atoms with van der Waals surface area (Å²) in [4.78, 5) is 198. The predicted octanol–water partition coefficient (Wildman–Crippen LogP) is -5.17. The maximum absolute atomic E-state index is 14.7. The molecule has 0 aliphatic carbocycles. The minimum atomic E-state index is -1.81. The summed E-state index contributed by atoms with van der Waals surface area (Å²) in [7, 11) is 0. The van der Waals surface area contributed by atoms with Crippen LogP contribution >= 0.6 is 0 Å². The lowest BCUT2D eigenvalue weighted by Gasteiger charge is -2.36. The number of carbonyl (C=O) groups excluding carboxylic acids is 11. The number of rotatable bonds is 32. The molecule has 0 bridgehead atoms. The fraction of sp³-hybridized carbons (Fsp3) is 0.727. The van der Waals surface area contributed by atoms with Crippen molar-refractivity contribution in [1.29, 1.82) is 0 Å². The Morgan fingerprint density at radius 2 is 0.943 bits per heavy atom. The van der Waals surface area contributed by atoms with Crippen LogP contribution < -0.4 is 55.3 Å². The van der Waals surface area contributed by atoms with Crippen LogP contribution in [0.2, 0.25) is 0 Å². The van der Waals surface area contributed by atoms with Gasteiger partial charge in [0.2, 0.25) is 65.0 Å². The normalized spacial score (nSPS) is 22.0. The number of carboxylic acids is 3. The molecule has 5 heterocycles. The van der Waals surface area contributed by atoms with Gasteiger partial charge in [-0.05, 0) is 109 Å². The summed E-state index contributed by atoms with van der Waals surface area (Å²) in [5, 5.41) is 40.7. The van der Waals surface area contributed by atoms with Crippen molar-refractivity contribution in [1.82, 2.24) is 51.1 Å². The lowest BCUT2D eigenvalue weighted by atomic mass is 10.0. The van der Waals surface area contributed by atoms with E-state index in [-0.39, 0.29) is 109 Å². The van der Waals surface area contributed by atoms with Gasteiger partial charge in [-0.25, -0.2) is 4.79 Å². The fourth-order valence-corrected chi connectivity index (χ4v) is 12.0. The molecule has 18 N–H and O–H groups in total. The van der Waals surface area contributed by atoms with Gasteiger partial charge in [0.05, 0.1) is 18.9 Å². The zero-order chi connectivity index (χ0) is 65.1. The highest BCUT2D eigenvalue weighted by atomic mass is 16.4. The van der Waals surface area contributed by atoms with E-state index in [2.05, 4.69) is 31.6 Å². The summed E-state index contributed by atoms with van der Waals surface area (Å²) in [5.74, 6) is -13.5. The SMILES string of the molecule is CC(C)[C@H](NC(=O)[C@@H]1CCCN1C(=O)[C@@H]1CCCN1C(=O)[C@@H]1CCCN1C(=O)[C@H](CCCN=C(N)N)NC(=O)[C@H](CCC(=O)O)NC(=O)[C@@H](N)CCCCN)C(=O)N1CCC[C@H]1C(=O)N[C@@H](CC(N)=O)C(=O)N1CCC[C@H]1C(=O)N[C@@H](CC(=O)O)C(=O)O. The molecule has 5 aliphatic rings. The Hall–Kier alpha value is -8.23. The summed E-state index contributed by atoms with van der Waals surface area (Å²) in [6.07, 6.45) is 1.54. The third-order valence-corrected chi connectivity index (χ3v) is 16.5. The minimum Gasteiger partial charge on any atom is -0.481 e. The average molecular weight is 1250 g/mol. The van der Waals surface area contributed by atoms with Crippen molar-refractivity contribution >= 4 is 88.8 Å². The Morgan fingerprint density at radius 3 is 1.44 bits per heavy atom. The topological polar surface area (TPSA) is 518 Å². The van der Waals surface area contributed by atoms with Crippen LogP contribution in [0.3, 0.4) is 0 Å². The first kappa shape index (κ1) is 70.5. The number of amides is 11. The molecular formula is C55H88N16O17. The fourth-order valence-electron chi connectivity index (χ4n) is 12.0. The smallest absolute Gasteiger partial charge is 0.326 e. The van der Waals surface area contributed by atoms with E-state index in [1.54, 1.807) is 13.8 Å². The monoisotopic (exact) mass is 1240 g/mol. The third-order valence-electron chi connectivity index (χ3n) is 16.5. The molecule has 0 aromatic carbocycles. The van der Waals surface area contributed by atoms with Crippen LogP contribution in [0.4, 0.5) is 0 Å². The summed E-state index contributed by atoms with van der Waals surface area (Å²) in [6.45, 7) is 4.15. The van der Waals surface area contributed by atoms with Gasteiger partial charge < -0.3 is 95.1 Å². The van der Waals surface area contributed by atoms with Gasteiger partial charge in [0, 0.05) is 45.7 Å². The molecule has 0 aromatic rings. The van der Waals surface area contributed by atoms with Gasteiger partial charge in [-0.15, -0.1) is 0 Å². The van der Waals surface area contributed by atoms with Crippen molar-refractivity contribution in [2.24, 2.45) is 39.6 Å². The van der Waals surface area contributed by atoms with Crippen LogP contribution in [0, 0.1) is 5.92 Å². The number of hydrogen-bond acceptors (Lipinski definition) is 17. The van der Waals surface area contributed by atoms with E-state index in [1.807, 2.05) is 0 Å². The average Bonchev–Trinajstić information content (AvgIpc) is 3.31. The highest BCUT2D eigenvalue weighted by molar-refractivity contribution is 6.00. The van der Waals surface area contributed by atoms with Gasteiger partial charge in [0.15, 0.2) is 5.96 Å². The Morgan fingerprint density at radius 1 is 0.489 bits per heavy atom. The molecule has 5 fully saturated rings. The molecule has 5 saturated heterocycles. The molecule has 88 heavy (non-hydrogen) atoms. The second kappa shape index (κ2) is 33.2. The molecule has 0 unspecified atom stereocenters. The maximum Gasteiger partial charge on any atom is 0.326 e. The number of aliphatic carboxylic acids is 3. The Kier molecular flexibility index (Phi) is 26.6. The molecule has 490 valence electrons. The zero-order valence-corrected chi connectivity index (χ0v) is 49.9. The minimum absolute atomic E-state index is 0.0378. The van der Waals surface area contributed by atoms with E-state index in [0.29, 0.717) is 45.1 Å². The molecule has 33 nitrogen and oxygen atoms in total. The van der Waals surface area contributed by atoms with Crippen LogP contribution in [-0.4, -0.2) is 241 Å². The van der Waals surface area contributed by atoms with Crippen molar-refractivity contribution in [3.05, 3.63) is 0 Å². The summed E-state index contributed by atoms with van der Waals surface area (Å²) >= 11 is 0. The molecule has 33 heteroatoms. The number of carbonyl (C=O) groups is 14. The van der Waals surface area contributed by atoms with Crippen molar-refractivity contribution in [3.63, 3.8) is 0 Å². The number of nitrogens with zero attached hydrogens (tertiary/aromatic N) is 6. The lowest BCUT2D eigenvalue weighted by molar-refractivity contribution is -0.151. The molecule has 5 rings (SSSR count). The number of nitrogens with one attached hydrogen (secondary N) is 5. The Labute approximate surface area is 508 Å². The van der Waals surface area contributed by atoms with Crippen LogP contribution in [0.1, 0.15) is 136 Å². The highest BCUT2D eigenvalue weighted by Gasteiger charge is 2.48. The first-order chi connectivity index (χ1) is 41.7. The van der Waals surface area contributed by atoms with E-state index in [1.165, 1.54) is 19.6 Å². The van der Waals surface area contributed by atoms with E-state index < -0.39 is 175 Å². The van der Waals surface area contributed by atoms with Crippen molar-refractivity contribution < 1.29 is 82.4 Å². The van der Waals surface area contributed by atoms with Crippen molar-refractivity contribution in [3.8, 4) is 0 Å². The van der Waals surface area contributed by atoms with Crippen LogP contribution in [0.25, 0.3) is 0 Å². The van der Waals surface area contributed by atoms with Gasteiger partial charge in [-0.1, -0.05) is 20.3 Å². The summed E-state index contributed by atoms with van der Waals surface area (Å²) < 4.78 is 0. The summed E-state index contributed by atoms with van der Waals surface area (Å²) in [5.41, 5.74) is 28.2. The van der Waals surface area contributed by atoms with Crippen molar-refractivity contribution in [2.75, 3.05) is 45.8 Å². The van der Waals surface area contributed by atoms with E-state index in [0.717, 1.165) is 4.90 Å². The number of carboxylic acid groups (broad SMARTS) is 3. The van der Waals surface area contributed by atoms with Crippen molar-refractivity contribution in [2.45, 2.75) is 202 Å². The number of primary amides is 1. The Balaban J connectivity index is 1.26. The molecular weight excluding hydrogens is 1160 g/mol. The standard InChI is InChI=1S/C55H88N16O17/c1-29(2)43(53(86)69-24-8-14-36(69)46(79)64-33(27-40(58)72)50(83)67-22-6-13-35(67)47(80)65-34(54(87)88)28-42(75)76)66-48(81)37-15-7-23-68(37)51(84)39-17-10-26-71(39)52(85)38-16-9-25-70(38)49(82)32(12-5-21-61-55(59)60)63-45(78)31(18-19-41(73)74)62-44(77)30(57)11-3-4-20-56/h29-39,43H,3-28,56-57H2,1-2H3,(H2,58,72)(H,62,77)(H,63,78)(H,64,79)(H,65,80)(H,66,81)(H,73,74)(H,75,76)(H,87,88)(H4,59,60,61)/t30-,31-,32-,33-,34-,35-,36-,37-,38-,39-,43-/m0/s1. The summed E-state index contributed by atoms with van der Waals surface area (Å²) in [6, 6.07) is -14.1. The predicted molar refractivity (Wildman–Crippen MR) is 310 cm³/mol. The molecule has 11 atom stereocenters. The molecule has 0 spiro atoms. The number of hydrogen-bond donors (Lipinski definition) is 13. The van der Waals surface area contributed by atoms with Crippen LogP contribution in [-0.2, 0) is 67.1 Å². The number of unbranched alkanes of at least 4 members (excludes halogenated alkanes) is 1. The van der Waals surface area contributed by atoms with E-state index in [4.69, 9.17) is 33.8 Å². The molecule has 0 radical (unpaired) electrons. The lowest BCUT2D eigenvalue weighted by Crippen LogP contribution is -2.60. The Bertz CT molecular complexity index is 2640. The zero-order valence-electron chi connectivity index (χ0n) is 49.9. The highest BCUT2D eigenvalue weighted by Crippen LogP contribution is 2.30. The number of nitrogens with two attached hydrogens (primary N) is 5. The first-order valence-electron chi connectivity index (χ1n) is 30.2. The van der Waals surface area contributed by atoms with Gasteiger partial charge in [0.1, 0.15) is 60.4 Å². The van der Waals surface area contributed by atoms with Gasteiger partial charge in [0.25, 0.3) is 0 Å². The molecule has 11 amide bonds. The van der Waals surface area contributed by atoms with Gasteiger partial charge in [-0.3, -0.25) is 67.3 Å². The second-order valence-electron chi connectivity index (χ2n) is 23.3. The van der Waals surface area contributed by atoms with Crippen LogP contribution in [0.5, 0.6) is 0 Å². The van der Waals surface area contributed by atoms with E-state index in [9.17, 15) is 77.3 Å². The number of likely N-dealkylation sites (tertiary alicyclic amines) is 5. The van der Waals surface area contributed by atoms with Gasteiger partial charge in [-0.2, -0.15) is 0 Å².